The van der Waals surface area contributed by atoms with Crippen molar-refractivity contribution in [2.45, 2.75) is 46.5 Å². The van der Waals surface area contributed by atoms with Crippen molar-refractivity contribution in [3.8, 4) is 0 Å². The van der Waals surface area contributed by atoms with Gasteiger partial charge in [0.05, 0.1) is 19.0 Å². The van der Waals surface area contributed by atoms with Crippen LogP contribution >= 0.6 is 0 Å². The molecule has 0 aromatic heterocycles. The molecule has 0 saturated carbocycles. The molecule has 0 fully saturated rings. The summed E-state index contributed by atoms with van der Waals surface area (Å²) in [6.07, 6.45) is -4.30. The summed E-state index contributed by atoms with van der Waals surface area (Å²) >= 11 is 0. The fourth-order valence-electron chi connectivity index (χ4n) is 1.61. The van der Waals surface area contributed by atoms with Gasteiger partial charge in [0.1, 0.15) is 10.7 Å². The van der Waals surface area contributed by atoms with Crippen molar-refractivity contribution in [3.05, 3.63) is 0 Å². The Kier molecular flexibility index (Phi) is 10.8. The highest BCUT2D eigenvalue weighted by Gasteiger charge is 2.37. The fourth-order valence-corrected chi connectivity index (χ4v) is 3.34. The summed E-state index contributed by atoms with van der Waals surface area (Å²) in [5, 5.41) is 10.1. The molecular formula is C14H26O11S2. The Balaban J connectivity index is 4.62. The molecule has 2 atom stereocenters. The third kappa shape index (κ3) is 11.1. The predicted octanol–water partition coefficient (Wildman–Crippen LogP) is -0.216. The second-order valence-electron chi connectivity index (χ2n) is 6.13. The highest BCUT2D eigenvalue weighted by molar-refractivity contribution is 7.86. The Hall–Kier alpha value is -1.44. The van der Waals surface area contributed by atoms with Gasteiger partial charge in [-0.05, 0) is 13.3 Å². The molecule has 0 amide bonds. The maximum atomic E-state index is 11.9. The van der Waals surface area contributed by atoms with E-state index in [0.29, 0.717) is 0 Å². The zero-order chi connectivity index (χ0) is 21.3. The lowest BCUT2D eigenvalue weighted by atomic mass is 9.88. The lowest BCUT2D eigenvalue weighted by Crippen LogP contribution is -2.43. The Morgan fingerprint density at radius 2 is 1.78 bits per heavy atom. The van der Waals surface area contributed by atoms with Crippen LogP contribution < -0.4 is 0 Å². The average Bonchev–Trinajstić information content (AvgIpc) is 2.51. The van der Waals surface area contributed by atoms with Crippen molar-refractivity contribution in [2.24, 2.45) is 5.41 Å². The molecule has 0 saturated heterocycles. The second kappa shape index (κ2) is 11.4. The molecule has 11 nitrogen and oxygen atoms in total. The zero-order valence-electron chi connectivity index (χ0n) is 15.6. The summed E-state index contributed by atoms with van der Waals surface area (Å²) < 4.78 is 62.9. The first-order valence-corrected chi connectivity index (χ1v) is 11.0. The first-order valence-electron chi connectivity index (χ1n) is 8.01. The summed E-state index contributed by atoms with van der Waals surface area (Å²) in [5.41, 5.74) is -1.36. The molecule has 0 rings (SSSR count). The standard InChI is InChI=1S/C14H26O11S2/c1-5-22-13(17)25-10(2)24-12(16)11(15)14(3,4)9-23-27(20,21)8-6-7-26(18)19/h10-11,15,26H,5-9H2,1-4H3/t10?,11-/m1/s1. The third-order valence-electron chi connectivity index (χ3n) is 3.12. The van der Waals surface area contributed by atoms with Gasteiger partial charge in [-0.1, -0.05) is 13.8 Å². The summed E-state index contributed by atoms with van der Waals surface area (Å²) in [7, 11) is -6.72. The van der Waals surface area contributed by atoms with Crippen LogP contribution in [-0.2, 0) is 44.0 Å². The topological polar surface area (TPSA) is 160 Å². The Morgan fingerprint density at radius 1 is 1.19 bits per heavy atom. The van der Waals surface area contributed by atoms with Crippen LogP contribution in [0.25, 0.3) is 0 Å². The number of carbonyl (C=O) groups is 2. The Morgan fingerprint density at radius 3 is 2.30 bits per heavy atom. The molecule has 0 aromatic carbocycles. The van der Waals surface area contributed by atoms with Crippen molar-refractivity contribution in [3.63, 3.8) is 0 Å². The van der Waals surface area contributed by atoms with Crippen LogP contribution in [0.5, 0.6) is 0 Å². The number of aliphatic hydroxyl groups is 1. The minimum Gasteiger partial charge on any atom is -0.435 e. The fraction of sp³-hybridized carbons (Fsp3) is 0.857. The highest BCUT2D eigenvalue weighted by atomic mass is 32.2. The van der Waals surface area contributed by atoms with Gasteiger partial charge in [-0.3, -0.25) is 4.18 Å². The van der Waals surface area contributed by atoms with Gasteiger partial charge in [0.15, 0.2) is 6.10 Å². The van der Waals surface area contributed by atoms with Gasteiger partial charge in [0.2, 0.25) is 6.29 Å². The number of thiol groups is 1. The molecule has 1 unspecified atom stereocenters. The summed E-state index contributed by atoms with van der Waals surface area (Å²) in [6.45, 7) is 5.02. The molecule has 0 spiro atoms. The van der Waals surface area contributed by atoms with E-state index >= 15 is 0 Å². The smallest absolute Gasteiger partial charge is 0.435 e. The van der Waals surface area contributed by atoms with Gasteiger partial charge in [-0.2, -0.15) is 8.42 Å². The van der Waals surface area contributed by atoms with Crippen LogP contribution in [0.15, 0.2) is 0 Å². The van der Waals surface area contributed by atoms with E-state index < -0.39 is 63.1 Å². The first kappa shape index (κ1) is 25.6. The van der Waals surface area contributed by atoms with Gasteiger partial charge in [0, 0.05) is 18.1 Å². The van der Waals surface area contributed by atoms with E-state index in [2.05, 4.69) is 9.47 Å². The second-order valence-corrected chi connectivity index (χ2v) is 9.00. The van der Waals surface area contributed by atoms with Crippen LogP contribution in [-0.4, -0.2) is 71.2 Å². The Labute approximate surface area is 160 Å². The van der Waals surface area contributed by atoms with Gasteiger partial charge < -0.3 is 19.3 Å². The Bertz CT molecular complexity index is 659. The van der Waals surface area contributed by atoms with E-state index in [1.54, 1.807) is 6.92 Å². The minimum atomic E-state index is -4.03. The SMILES string of the molecule is CCOC(=O)OC(C)OC(=O)[C@@H](O)C(C)(C)COS(=O)(=O)CCC[SH](=O)=O. The maximum Gasteiger partial charge on any atom is 0.511 e. The van der Waals surface area contributed by atoms with Crippen LogP contribution in [0.4, 0.5) is 4.79 Å². The lowest BCUT2D eigenvalue weighted by molar-refractivity contribution is -0.184. The molecule has 0 bridgehead atoms. The molecule has 13 heteroatoms. The quantitative estimate of drug-likeness (QED) is 0.181. The van der Waals surface area contributed by atoms with Crippen LogP contribution in [0.2, 0.25) is 0 Å². The van der Waals surface area contributed by atoms with E-state index in [9.17, 15) is 31.5 Å². The van der Waals surface area contributed by atoms with Gasteiger partial charge in [-0.25, -0.2) is 18.0 Å². The number of ether oxygens (including phenoxy) is 3. The molecule has 160 valence electrons. The normalized spacial score (nSPS) is 14.4. The minimum absolute atomic E-state index is 0.0618. The monoisotopic (exact) mass is 434 g/mol. The van der Waals surface area contributed by atoms with Gasteiger partial charge in [-0.15, -0.1) is 0 Å². The molecule has 0 aliphatic rings. The number of aliphatic hydroxyl groups excluding tert-OH is 1. The van der Waals surface area contributed by atoms with Crippen molar-refractivity contribution in [1.82, 2.24) is 0 Å². The van der Waals surface area contributed by atoms with Crippen molar-refractivity contribution in [2.75, 3.05) is 24.7 Å². The van der Waals surface area contributed by atoms with Crippen LogP contribution in [0.3, 0.4) is 0 Å². The number of hydrogen-bond acceptors (Lipinski definition) is 11. The van der Waals surface area contributed by atoms with E-state index in [1.165, 1.54) is 20.8 Å². The zero-order valence-corrected chi connectivity index (χ0v) is 17.3. The molecular weight excluding hydrogens is 408 g/mol. The lowest BCUT2D eigenvalue weighted by Gasteiger charge is -2.29. The number of hydrogen-bond donors (Lipinski definition) is 2. The summed E-state index contributed by atoms with van der Waals surface area (Å²) in [5.74, 6) is -1.97. The molecule has 0 aliphatic carbocycles. The molecule has 1 N–H and O–H groups in total. The van der Waals surface area contributed by atoms with Gasteiger partial charge >= 0.3 is 12.1 Å². The molecule has 0 heterocycles. The largest absolute Gasteiger partial charge is 0.511 e. The van der Waals surface area contributed by atoms with Crippen LogP contribution in [0, 0.1) is 5.41 Å². The molecule has 0 radical (unpaired) electrons. The van der Waals surface area contributed by atoms with E-state index in [0.717, 1.165) is 0 Å². The summed E-state index contributed by atoms with van der Waals surface area (Å²) in [4.78, 5) is 23.1. The van der Waals surface area contributed by atoms with Gasteiger partial charge in [0.25, 0.3) is 10.1 Å². The maximum absolute atomic E-state index is 11.9. The first-order chi connectivity index (χ1) is 12.3. The molecule has 0 aromatic rings. The van der Waals surface area contributed by atoms with E-state index in [-0.39, 0.29) is 18.8 Å². The third-order valence-corrected chi connectivity index (χ3v) is 5.06. The predicted molar refractivity (Wildman–Crippen MR) is 93.0 cm³/mol. The molecule has 0 aliphatic heterocycles. The van der Waals surface area contributed by atoms with Crippen molar-refractivity contribution >= 4 is 32.9 Å². The number of carbonyl (C=O) groups excluding carboxylic acids is 2. The average molecular weight is 434 g/mol. The summed E-state index contributed by atoms with van der Waals surface area (Å²) in [6, 6.07) is 0. The van der Waals surface area contributed by atoms with Crippen molar-refractivity contribution < 1.29 is 49.9 Å². The van der Waals surface area contributed by atoms with E-state index in [1.807, 2.05) is 0 Å². The van der Waals surface area contributed by atoms with Crippen LogP contribution in [0.1, 0.15) is 34.1 Å². The molecule has 27 heavy (non-hydrogen) atoms. The van der Waals surface area contributed by atoms with Crippen molar-refractivity contribution in [1.29, 1.82) is 0 Å². The number of rotatable bonds is 12. The number of esters is 1. The van der Waals surface area contributed by atoms with E-state index in [4.69, 9.17) is 8.92 Å². The highest BCUT2D eigenvalue weighted by Crippen LogP contribution is 2.24.